The van der Waals surface area contributed by atoms with Crippen LogP contribution in [0.5, 0.6) is 0 Å². The van der Waals surface area contributed by atoms with Gasteiger partial charge in [0, 0.05) is 12.1 Å². The summed E-state index contributed by atoms with van der Waals surface area (Å²) in [7, 11) is 0. The van der Waals surface area contributed by atoms with Crippen molar-refractivity contribution in [3.05, 3.63) is 35.9 Å². The number of rotatable bonds is 7. The summed E-state index contributed by atoms with van der Waals surface area (Å²) in [5.74, 6) is 0. The van der Waals surface area contributed by atoms with Gasteiger partial charge in [0.1, 0.15) is 6.04 Å². The SMILES string of the molecule is CCCC[C@H](O)[C@@H](C#N)N(Cc1ccccc1)C(C)(C)C. The Balaban J connectivity index is 2.93. The molecule has 0 aliphatic rings. The first-order chi connectivity index (χ1) is 9.90. The van der Waals surface area contributed by atoms with Crippen molar-refractivity contribution in [2.45, 2.75) is 71.2 Å². The van der Waals surface area contributed by atoms with Gasteiger partial charge in [-0.05, 0) is 32.8 Å². The van der Waals surface area contributed by atoms with Crippen molar-refractivity contribution in [2.75, 3.05) is 0 Å². The van der Waals surface area contributed by atoms with Gasteiger partial charge >= 0.3 is 0 Å². The lowest BCUT2D eigenvalue weighted by Gasteiger charge is -2.40. The Hall–Kier alpha value is -1.37. The highest BCUT2D eigenvalue weighted by Gasteiger charge is 2.33. The molecule has 1 aromatic carbocycles. The number of unbranched alkanes of at least 4 members (excludes halogenated alkanes) is 1. The van der Waals surface area contributed by atoms with Gasteiger partial charge in [0.2, 0.25) is 0 Å². The van der Waals surface area contributed by atoms with Crippen LogP contribution in [0.4, 0.5) is 0 Å². The minimum Gasteiger partial charge on any atom is -0.390 e. The standard InChI is InChI=1S/C18H28N2O/c1-5-6-12-17(21)16(13-19)20(18(2,3)4)14-15-10-8-7-9-11-15/h7-11,16-17,21H,5-6,12,14H2,1-4H3/t16-,17+/m1/s1. The number of aliphatic hydroxyl groups excluding tert-OH is 1. The molecule has 116 valence electrons. The number of nitriles is 1. The van der Waals surface area contributed by atoms with E-state index in [4.69, 9.17) is 0 Å². The lowest BCUT2D eigenvalue weighted by molar-refractivity contribution is 0.0141. The highest BCUT2D eigenvalue weighted by atomic mass is 16.3. The van der Waals surface area contributed by atoms with Gasteiger partial charge in [-0.1, -0.05) is 50.1 Å². The first kappa shape index (κ1) is 17.7. The van der Waals surface area contributed by atoms with Gasteiger partial charge in [-0.2, -0.15) is 5.26 Å². The molecule has 3 nitrogen and oxygen atoms in total. The van der Waals surface area contributed by atoms with Crippen molar-refractivity contribution < 1.29 is 5.11 Å². The second kappa shape index (κ2) is 8.17. The smallest absolute Gasteiger partial charge is 0.125 e. The predicted octanol–water partition coefficient (Wildman–Crippen LogP) is 3.73. The van der Waals surface area contributed by atoms with E-state index < -0.39 is 12.1 Å². The molecule has 0 unspecified atom stereocenters. The van der Waals surface area contributed by atoms with Gasteiger partial charge < -0.3 is 5.11 Å². The normalized spacial score (nSPS) is 14.7. The Labute approximate surface area is 129 Å². The maximum Gasteiger partial charge on any atom is 0.125 e. The van der Waals surface area contributed by atoms with E-state index >= 15 is 0 Å². The van der Waals surface area contributed by atoms with E-state index in [0.717, 1.165) is 18.4 Å². The first-order valence-electron chi connectivity index (χ1n) is 7.78. The minimum absolute atomic E-state index is 0.177. The second-order valence-corrected chi connectivity index (χ2v) is 6.57. The van der Waals surface area contributed by atoms with E-state index in [0.29, 0.717) is 13.0 Å². The number of aliphatic hydroxyl groups is 1. The zero-order chi connectivity index (χ0) is 15.9. The Morgan fingerprint density at radius 2 is 1.86 bits per heavy atom. The molecule has 0 amide bonds. The quantitative estimate of drug-likeness (QED) is 0.831. The lowest BCUT2D eigenvalue weighted by Crippen LogP contribution is -2.51. The molecule has 0 fully saturated rings. The van der Waals surface area contributed by atoms with Crippen LogP contribution in [0.3, 0.4) is 0 Å². The van der Waals surface area contributed by atoms with Gasteiger partial charge in [-0.3, -0.25) is 4.90 Å². The van der Waals surface area contributed by atoms with Crippen molar-refractivity contribution in [2.24, 2.45) is 0 Å². The van der Waals surface area contributed by atoms with Crippen LogP contribution in [-0.4, -0.2) is 27.7 Å². The molecule has 2 atom stereocenters. The molecule has 0 aliphatic carbocycles. The van der Waals surface area contributed by atoms with Crippen LogP contribution in [0.15, 0.2) is 30.3 Å². The van der Waals surface area contributed by atoms with Crippen LogP contribution in [-0.2, 0) is 6.54 Å². The Bertz CT molecular complexity index is 445. The van der Waals surface area contributed by atoms with E-state index in [1.807, 2.05) is 18.2 Å². The highest BCUT2D eigenvalue weighted by molar-refractivity contribution is 5.16. The van der Waals surface area contributed by atoms with E-state index in [2.05, 4.69) is 50.8 Å². The second-order valence-electron chi connectivity index (χ2n) is 6.57. The van der Waals surface area contributed by atoms with Crippen LogP contribution in [0.1, 0.15) is 52.5 Å². The van der Waals surface area contributed by atoms with Crippen molar-refractivity contribution >= 4 is 0 Å². The Morgan fingerprint density at radius 3 is 2.33 bits per heavy atom. The maximum absolute atomic E-state index is 10.4. The molecule has 1 aromatic rings. The summed E-state index contributed by atoms with van der Waals surface area (Å²) in [6.07, 6.45) is 2.06. The summed E-state index contributed by atoms with van der Waals surface area (Å²) >= 11 is 0. The fourth-order valence-corrected chi connectivity index (χ4v) is 2.47. The third-order valence-corrected chi connectivity index (χ3v) is 3.74. The van der Waals surface area contributed by atoms with Crippen LogP contribution < -0.4 is 0 Å². The molecule has 0 aliphatic heterocycles. The Kier molecular flexibility index (Phi) is 6.87. The molecule has 0 saturated heterocycles. The molecule has 0 spiro atoms. The lowest BCUT2D eigenvalue weighted by atomic mass is 9.96. The molecule has 1 N–H and O–H groups in total. The summed E-state index contributed by atoms with van der Waals surface area (Å²) in [5, 5.41) is 19.9. The summed E-state index contributed by atoms with van der Waals surface area (Å²) < 4.78 is 0. The molecule has 1 rings (SSSR count). The monoisotopic (exact) mass is 288 g/mol. The fourth-order valence-electron chi connectivity index (χ4n) is 2.47. The fraction of sp³-hybridized carbons (Fsp3) is 0.611. The number of hydrogen-bond donors (Lipinski definition) is 1. The van der Waals surface area contributed by atoms with Crippen molar-refractivity contribution in [1.29, 1.82) is 5.26 Å². The van der Waals surface area contributed by atoms with Gasteiger partial charge in [-0.15, -0.1) is 0 Å². The first-order valence-corrected chi connectivity index (χ1v) is 7.78. The average molecular weight is 288 g/mol. The third kappa shape index (κ3) is 5.49. The molecule has 3 heteroatoms. The largest absolute Gasteiger partial charge is 0.390 e. The third-order valence-electron chi connectivity index (χ3n) is 3.74. The summed E-state index contributed by atoms with van der Waals surface area (Å²) in [6, 6.07) is 12.0. The molecule has 0 radical (unpaired) electrons. The number of benzene rings is 1. The highest BCUT2D eigenvalue weighted by Crippen LogP contribution is 2.23. The van der Waals surface area contributed by atoms with Gasteiger partial charge in [0.25, 0.3) is 0 Å². The summed E-state index contributed by atoms with van der Waals surface area (Å²) in [6.45, 7) is 9.04. The van der Waals surface area contributed by atoms with E-state index in [1.54, 1.807) is 0 Å². The average Bonchev–Trinajstić information content (AvgIpc) is 2.45. The van der Waals surface area contributed by atoms with Gasteiger partial charge in [0.15, 0.2) is 0 Å². The predicted molar refractivity (Wildman–Crippen MR) is 86.7 cm³/mol. The van der Waals surface area contributed by atoms with Crippen LogP contribution >= 0.6 is 0 Å². The van der Waals surface area contributed by atoms with E-state index in [-0.39, 0.29) is 5.54 Å². The number of hydrogen-bond acceptors (Lipinski definition) is 3. The molecule has 0 saturated carbocycles. The molecular weight excluding hydrogens is 260 g/mol. The van der Waals surface area contributed by atoms with E-state index in [9.17, 15) is 10.4 Å². The maximum atomic E-state index is 10.4. The minimum atomic E-state index is -0.599. The van der Waals surface area contributed by atoms with Crippen LogP contribution in [0.2, 0.25) is 0 Å². The zero-order valence-corrected chi connectivity index (χ0v) is 13.7. The van der Waals surface area contributed by atoms with Crippen molar-refractivity contribution in [1.82, 2.24) is 4.90 Å². The van der Waals surface area contributed by atoms with Crippen molar-refractivity contribution in [3.63, 3.8) is 0 Å². The summed E-state index contributed by atoms with van der Waals surface area (Å²) in [5.41, 5.74) is 0.985. The summed E-state index contributed by atoms with van der Waals surface area (Å²) in [4.78, 5) is 2.10. The Morgan fingerprint density at radius 1 is 1.24 bits per heavy atom. The molecule has 21 heavy (non-hydrogen) atoms. The van der Waals surface area contributed by atoms with E-state index in [1.165, 1.54) is 0 Å². The number of nitrogens with zero attached hydrogens (tertiary/aromatic N) is 2. The topological polar surface area (TPSA) is 47.3 Å². The van der Waals surface area contributed by atoms with Gasteiger partial charge in [-0.25, -0.2) is 0 Å². The molecule has 0 aromatic heterocycles. The molecule has 0 bridgehead atoms. The van der Waals surface area contributed by atoms with Crippen molar-refractivity contribution in [3.8, 4) is 6.07 Å². The van der Waals surface area contributed by atoms with Gasteiger partial charge in [0.05, 0.1) is 12.2 Å². The zero-order valence-electron chi connectivity index (χ0n) is 13.7. The molecular formula is C18H28N2O. The van der Waals surface area contributed by atoms with Crippen LogP contribution in [0, 0.1) is 11.3 Å². The van der Waals surface area contributed by atoms with Crippen LogP contribution in [0.25, 0.3) is 0 Å². The molecule has 0 heterocycles.